The number of benzene rings is 1. The molecule has 1 fully saturated rings. The number of hydrogen-bond donors (Lipinski definition) is 1. The molecule has 2 aromatic rings. The van der Waals surface area contributed by atoms with Crippen molar-refractivity contribution in [2.24, 2.45) is 0 Å². The van der Waals surface area contributed by atoms with Crippen LogP contribution in [0.4, 0.5) is 5.69 Å². The van der Waals surface area contributed by atoms with Crippen LogP contribution in [-0.2, 0) is 11.3 Å². The SMILES string of the molecule is CCCCn1nc(C)c(/C=C/C(=O)Nc2ccc(C(=O)N3CCCCC3C)cc2C)c1Cl. The molecule has 2 heterocycles. The number of piperidine rings is 1. The third-order valence-electron chi connectivity index (χ3n) is 6.03. The summed E-state index contributed by atoms with van der Waals surface area (Å²) >= 11 is 6.44. The summed E-state index contributed by atoms with van der Waals surface area (Å²) in [4.78, 5) is 27.3. The number of likely N-dealkylation sites (tertiary alicyclic amines) is 1. The van der Waals surface area contributed by atoms with Crippen LogP contribution in [0.2, 0.25) is 5.15 Å². The van der Waals surface area contributed by atoms with Gasteiger partial charge in [0.15, 0.2) is 0 Å². The second-order valence-electron chi connectivity index (χ2n) is 8.56. The van der Waals surface area contributed by atoms with E-state index >= 15 is 0 Å². The maximum absolute atomic E-state index is 12.9. The van der Waals surface area contributed by atoms with Crippen LogP contribution in [0.5, 0.6) is 0 Å². The van der Waals surface area contributed by atoms with Crippen LogP contribution in [0.1, 0.15) is 73.1 Å². The van der Waals surface area contributed by atoms with Crippen molar-refractivity contribution in [3.63, 3.8) is 0 Å². The Balaban J connectivity index is 1.67. The lowest BCUT2D eigenvalue weighted by Crippen LogP contribution is -2.42. The highest BCUT2D eigenvalue weighted by molar-refractivity contribution is 6.31. The first-order valence-corrected chi connectivity index (χ1v) is 11.8. The molecule has 0 spiro atoms. The molecule has 0 bridgehead atoms. The van der Waals surface area contributed by atoms with E-state index in [2.05, 4.69) is 24.3 Å². The minimum absolute atomic E-state index is 0.0586. The Labute approximate surface area is 195 Å². The first-order valence-electron chi connectivity index (χ1n) is 11.5. The predicted molar refractivity (Wildman–Crippen MR) is 130 cm³/mol. The smallest absolute Gasteiger partial charge is 0.254 e. The van der Waals surface area contributed by atoms with E-state index in [4.69, 9.17) is 11.6 Å². The Morgan fingerprint density at radius 3 is 2.75 bits per heavy atom. The molecule has 7 heteroatoms. The van der Waals surface area contributed by atoms with E-state index < -0.39 is 0 Å². The Morgan fingerprint density at radius 2 is 2.06 bits per heavy atom. The van der Waals surface area contributed by atoms with Crippen LogP contribution in [0.25, 0.3) is 6.08 Å². The van der Waals surface area contributed by atoms with Gasteiger partial charge < -0.3 is 10.2 Å². The Morgan fingerprint density at radius 1 is 1.28 bits per heavy atom. The second kappa shape index (κ2) is 10.8. The third-order valence-corrected chi connectivity index (χ3v) is 6.43. The van der Waals surface area contributed by atoms with Crippen LogP contribution in [0.15, 0.2) is 24.3 Å². The van der Waals surface area contributed by atoms with Crippen LogP contribution in [0, 0.1) is 13.8 Å². The molecule has 0 aliphatic carbocycles. The first-order chi connectivity index (χ1) is 15.3. The lowest BCUT2D eigenvalue weighted by Gasteiger charge is -2.33. The topological polar surface area (TPSA) is 67.2 Å². The normalized spacial score (nSPS) is 16.5. The highest BCUT2D eigenvalue weighted by atomic mass is 35.5. The van der Waals surface area contributed by atoms with Gasteiger partial charge in [0.25, 0.3) is 5.91 Å². The predicted octanol–water partition coefficient (Wildman–Crippen LogP) is 5.62. The molecule has 172 valence electrons. The number of carbonyl (C=O) groups excluding carboxylic acids is 2. The molecule has 6 nitrogen and oxygen atoms in total. The van der Waals surface area contributed by atoms with Crippen LogP contribution in [-0.4, -0.2) is 39.1 Å². The summed E-state index contributed by atoms with van der Waals surface area (Å²) in [7, 11) is 0. The van der Waals surface area contributed by atoms with Crippen LogP contribution < -0.4 is 5.32 Å². The monoisotopic (exact) mass is 456 g/mol. The van der Waals surface area contributed by atoms with Gasteiger partial charge in [-0.25, -0.2) is 0 Å². The fourth-order valence-electron chi connectivity index (χ4n) is 4.05. The van der Waals surface area contributed by atoms with E-state index in [1.165, 1.54) is 12.5 Å². The number of aromatic nitrogens is 2. The number of amides is 2. The molecule has 1 aliphatic rings. The first kappa shape index (κ1) is 24.1. The molecule has 2 amide bonds. The molecule has 1 aromatic carbocycles. The lowest BCUT2D eigenvalue weighted by atomic mass is 10.0. The van der Waals surface area contributed by atoms with Crippen LogP contribution in [0.3, 0.4) is 0 Å². The number of rotatable bonds is 7. The van der Waals surface area contributed by atoms with E-state index in [1.807, 2.05) is 24.8 Å². The summed E-state index contributed by atoms with van der Waals surface area (Å²) in [6, 6.07) is 5.70. The fourth-order valence-corrected chi connectivity index (χ4v) is 4.37. The van der Waals surface area contributed by atoms with E-state index in [1.54, 1.807) is 22.9 Å². The van der Waals surface area contributed by atoms with Crippen molar-refractivity contribution < 1.29 is 9.59 Å². The summed E-state index contributed by atoms with van der Waals surface area (Å²) in [5, 5.41) is 7.90. The van der Waals surface area contributed by atoms with E-state index in [-0.39, 0.29) is 17.9 Å². The second-order valence-corrected chi connectivity index (χ2v) is 8.92. The van der Waals surface area contributed by atoms with Gasteiger partial charge in [0.1, 0.15) is 5.15 Å². The zero-order valence-electron chi connectivity index (χ0n) is 19.4. The van der Waals surface area contributed by atoms with E-state index in [0.29, 0.717) is 16.4 Å². The van der Waals surface area contributed by atoms with E-state index in [9.17, 15) is 9.59 Å². The third kappa shape index (κ3) is 5.60. The standard InChI is InChI=1S/C25H33ClN4O2/c1-5-6-15-30-24(26)21(19(4)28-30)11-13-23(31)27-22-12-10-20(16-17(22)2)25(32)29-14-8-7-9-18(29)3/h10-13,16,18H,5-9,14-15H2,1-4H3,(H,27,31)/b13-11+. The van der Waals surface area contributed by atoms with Gasteiger partial charge in [-0.15, -0.1) is 0 Å². The number of halogens is 1. The maximum Gasteiger partial charge on any atom is 0.254 e. The Bertz CT molecular complexity index is 1010. The van der Waals surface area contributed by atoms with Crippen molar-refractivity contribution in [2.75, 3.05) is 11.9 Å². The molecule has 1 N–H and O–H groups in total. The van der Waals surface area contributed by atoms with Gasteiger partial charge >= 0.3 is 0 Å². The van der Waals surface area contributed by atoms with Gasteiger partial charge in [0, 0.05) is 42.0 Å². The number of unbranched alkanes of at least 4 members (excludes halogenated alkanes) is 1. The minimum Gasteiger partial charge on any atom is -0.336 e. The molecule has 1 atom stereocenters. The van der Waals surface area contributed by atoms with Crippen molar-refractivity contribution in [3.05, 3.63) is 51.8 Å². The number of nitrogens with zero attached hydrogens (tertiary/aromatic N) is 3. The summed E-state index contributed by atoms with van der Waals surface area (Å²) in [6.07, 6.45) is 8.50. The molecule has 1 aromatic heterocycles. The van der Waals surface area contributed by atoms with Gasteiger partial charge in [0.05, 0.1) is 5.69 Å². The molecule has 1 unspecified atom stereocenters. The highest BCUT2D eigenvalue weighted by Gasteiger charge is 2.24. The fraction of sp³-hybridized carbons (Fsp3) is 0.480. The minimum atomic E-state index is -0.256. The highest BCUT2D eigenvalue weighted by Crippen LogP contribution is 2.24. The molecule has 1 saturated heterocycles. The van der Waals surface area contributed by atoms with Gasteiger partial charge in [0.2, 0.25) is 5.91 Å². The number of anilines is 1. The summed E-state index contributed by atoms with van der Waals surface area (Å²) in [6.45, 7) is 9.57. The van der Waals surface area contributed by atoms with Crippen molar-refractivity contribution in [3.8, 4) is 0 Å². The van der Waals surface area contributed by atoms with Gasteiger partial charge in [-0.05, 0) is 76.3 Å². The Hall–Kier alpha value is -2.60. The number of hydrogen-bond acceptors (Lipinski definition) is 3. The average Bonchev–Trinajstić information content (AvgIpc) is 3.04. The summed E-state index contributed by atoms with van der Waals surface area (Å²) in [5.74, 6) is -0.197. The molecular weight excluding hydrogens is 424 g/mol. The molecule has 1 aliphatic heterocycles. The van der Waals surface area contributed by atoms with Gasteiger partial charge in [-0.3, -0.25) is 14.3 Å². The van der Waals surface area contributed by atoms with Gasteiger partial charge in [-0.2, -0.15) is 5.10 Å². The summed E-state index contributed by atoms with van der Waals surface area (Å²) in [5.41, 5.74) is 3.74. The zero-order valence-corrected chi connectivity index (χ0v) is 20.2. The lowest BCUT2D eigenvalue weighted by molar-refractivity contribution is -0.111. The van der Waals surface area contributed by atoms with Crippen molar-refractivity contribution in [1.82, 2.24) is 14.7 Å². The number of nitrogens with one attached hydrogen (secondary N) is 1. The van der Waals surface area contributed by atoms with Crippen LogP contribution >= 0.6 is 11.6 Å². The molecule has 0 saturated carbocycles. The van der Waals surface area contributed by atoms with Crippen molar-refractivity contribution in [1.29, 1.82) is 0 Å². The van der Waals surface area contributed by atoms with Crippen molar-refractivity contribution >= 4 is 35.2 Å². The molecule has 0 radical (unpaired) electrons. The van der Waals surface area contributed by atoms with Gasteiger partial charge in [-0.1, -0.05) is 24.9 Å². The maximum atomic E-state index is 12.9. The number of carbonyl (C=O) groups is 2. The Kier molecular flexibility index (Phi) is 8.13. The van der Waals surface area contributed by atoms with Crippen molar-refractivity contribution in [2.45, 2.75) is 72.4 Å². The molecule has 32 heavy (non-hydrogen) atoms. The quantitative estimate of drug-likeness (QED) is 0.550. The average molecular weight is 457 g/mol. The molecular formula is C25H33ClN4O2. The number of aryl methyl sites for hydroxylation is 3. The summed E-state index contributed by atoms with van der Waals surface area (Å²) < 4.78 is 1.78. The largest absolute Gasteiger partial charge is 0.336 e. The zero-order chi connectivity index (χ0) is 23.3. The van der Waals surface area contributed by atoms with E-state index in [0.717, 1.165) is 55.6 Å². The molecule has 3 rings (SSSR count).